The van der Waals surface area contributed by atoms with Gasteiger partial charge >= 0.3 is 0 Å². The van der Waals surface area contributed by atoms with Gasteiger partial charge in [0.25, 0.3) is 0 Å². The van der Waals surface area contributed by atoms with Gasteiger partial charge in [-0.3, -0.25) is 4.79 Å². The molecule has 1 aliphatic rings. The van der Waals surface area contributed by atoms with Crippen LogP contribution in [0.2, 0.25) is 0 Å². The maximum absolute atomic E-state index is 13.3. The van der Waals surface area contributed by atoms with Crippen LogP contribution in [0.15, 0.2) is 41.0 Å². The number of phenolic OH excluding ortho intramolecular Hbond substituents is 1. The van der Waals surface area contributed by atoms with Crippen molar-refractivity contribution in [3.63, 3.8) is 0 Å². The molecule has 0 atom stereocenters. The predicted molar refractivity (Wildman–Crippen MR) is 134 cm³/mol. The third kappa shape index (κ3) is 5.59. The first-order chi connectivity index (χ1) is 14.2. The van der Waals surface area contributed by atoms with E-state index in [0.29, 0.717) is 11.3 Å². The molecule has 0 saturated heterocycles. The molecule has 0 spiro atoms. The van der Waals surface area contributed by atoms with Gasteiger partial charge in [-0.25, -0.2) is 0 Å². The summed E-state index contributed by atoms with van der Waals surface area (Å²) >= 11 is 0. The van der Waals surface area contributed by atoms with Gasteiger partial charge in [0.2, 0.25) is 0 Å². The maximum atomic E-state index is 13.3. The largest absolute Gasteiger partial charge is 0.507 e. The van der Waals surface area contributed by atoms with E-state index in [2.05, 4.69) is 41.5 Å². The molecule has 0 aromatic heterocycles. The molecule has 31 heavy (non-hydrogen) atoms. The smallest absolute Gasteiger partial charge is 0.186 e. The number of carbonyl (C=O) groups is 1. The number of ketones is 1. The SMILES string of the molecule is [2H]C1=C(C(C)(C)C)C(=O)C(C(C)(C)C)=C/C1=C/c1cc(C(C)(C)C)c(O)c(C(C)(C)C)c1. The summed E-state index contributed by atoms with van der Waals surface area (Å²) in [5, 5.41) is 11.1. The Kier molecular flexibility index (Phi) is 5.93. The van der Waals surface area contributed by atoms with Crippen LogP contribution in [0.3, 0.4) is 0 Å². The lowest BCUT2D eigenvalue weighted by Crippen LogP contribution is -2.27. The van der Waals surface area contributed by atoms with Crippen LogP contribution >= 0.6 is 0 Å². The molecule has 0 radical (unpaired) electrons. The summed E-state index contributed by atoms with van der Waals surface area (Å²) in [6, 6.07) is 4.32. The number of hydrogen-bond donors (Lipinski definition) is 1. The van der Waals surface area contributed by atoms with Gasteiger partial charge in [0.15, 0.2) is 5.78 Å². The molecular weight excluding hydrogens is 380 g/mol. The van der Waals surface area contributed by atoms with E-state index in [0.717, 1.165) is 27.8 Å². The van der Waals surface area contributed by atoms with Gasteiger partial charge in [-0.1, -0.05) is 83.1 Å². The second-order valence-electron chi connectivity index (χ2n) is 13.0. The molecule has 1 aromatic rings. The van der Waals surface area contributed by atoms with Crippen molar-refractivity contribution < 1.29 is 11.3 Å². The third-order valence-corrected chi connectivity index (χ3v) is 5.67. The number of allylic oxidation sites excluding steroid dienone is 5. The van der Waals surface area contributed by atoms with Crippen molar-refractivity contribution in [2.45, 2.75) is 93.9 Å². The van der Waals surface area contributed by atoms with E-state index < -0.39 is 5.41 Å². The molecule has 0 saturated carbocycles. The monoisotopic (exact) mass is 423 g/mol. The average Bonchev–Trinajstić information content (AvgIpc) is 2.54. The molecular formula is C29H42O2. The third-order valence-electron chi connectivity index (χ3n) is 5.67. The van der Waals surface area contributed by atoms with Crippen LogP contribution in [0.25, 0.3) is 6.08 Å². The summed E-state index contributed by atoms with van der Waals surface area (Å²) in [5.74, 6) is 0.317. The Morgan fingerprint density at radius 1 is 0.742 bits per heavy atom. The Morgan fingerprint density at radius 2 is 1.16 bits per heavy atom. The summed E-state index contributed by atoms with van der Waals surface area (Å²) in [6.45, 7) is 24.7. The van der Waals surface area contributed by atoms with Crippen LogP contribution in [-0.4, -0.2) is 10.9 Å². The minimum Gasteiger partial charge on any atom is -0.507 e. The van der Waals surface area contributed by atoms with Gasteiger partial charge in [-0.2, -0.15) is 0 Å². The van der Waals surface area contributed by atoms with Crippen molar-refractivity contribution in [3.05, 3.63) is 57.7 Å². The lowest BCUT2D eigenvalue weighted by Gasteiger charge is -2.31. The molecule has 2 heteroatoms. The average molecular weight is 424 g/mol. The van der Waals surface area contributed by atoms with E-state index in [1.54, 1.807) is 0 Å². The van der Waals surface area contributed by atoms with Crippen LogP contribution in [0, 0.1) is 10.8 Å². The summed E-state index contributed by atoms with van der Waals surface area (Å²) in [7, 11) is 0. The highest BCUT2D eigenvalue weighted by Crippen LogP contribution is 2.42. The minimum atomic E-state index is -0.430. The number of phenols is 1. The van der Waals surface area contributed by atoms with E-state index in [-0.39, 0.29) is 28.1 Å². The molecule has 2 rings (SSSR count). The van der Waals surface area contributed by atoms with E-state index in [4.69, 9.17) is 1.37 Å². The van der Waals surface area contributed by atoms with E-state index in [1.165, 1.54) is 0 Å². The molecule has 0 aliphatic heterocycles. The molecule has 0 heterocycles. The number of benzene rings is 1. The summed E-state index contributed by atoms with van der Waals surface area (Å²) < 4.78 is 8.91. The second kappa shape index (κ2) is 7.80. The zero-order chi connectivity index (χ0) is 25.0. The van der Waals surface area contributed by atoms with Gasteiger partial charge in [0, 0.05) is 22.3 Å². The zero-order valence-corrected chi connectivity index (χ0v) is 21.7. The summed E-state index contributed by atoms with van der Waals surface area (Å²) in [4.78, 5) is 13.3. The molecule has 170 valence electrons. The Labute approximate surface area is 191 Å². The number of aromatic hydroxyl groups is 1. The van der Waals surface area contributed by atoms with Crippen LogP contribution in [-0.2, 0) is 15.6 Å². The van der Waals surface area contributed by atoms with E-state index in [9.17, 15) is 9.90 Å². The van der Waals surface area contributed by atoms with Crippen molar-refractivity contribution in [3.8, 4) is 5.75 Å². The standard InChI is InChI=1S/C29H42O2/c1-26(2,3)20-14-18(15-21(24(20)30)27(4,5)6)13-19-16-22(28(7,8)9)25(31)23(17-19)29(10,11)12/h13-17,30H,1-12H3/i16D/b19-13+. The molecule has 0 unspecified atom stereocenters. The fourth-order valence-corrected chi connectivity index (χ4v) is 3.82. The molecule has 1 aromatic carbocycles. The first-order valence-electron chi connectivity index (χ1n) is 11.7. The number of carbonyl (C=O) groups excluding carboxylic acids is 1. The van der Waals surface area contributed by atoms with Gasteiger partial charge in [-0.05, 0) is 63.1 Å². The molecule has 0 amide bonds. The first kappa shape index (κ1) is 23.6. The molecule has 1 aliphatic carbocycles. The topological polar surface area (TPSA) is 37.3 Å². The first-order valence-corrected chi connectivity index (χ1v) is 11.2. The van der Waals surface area contributed by atoms with Gasteiger partial charge < -0.3 is 5.11 Å². The Bertz CT molecular complexity index is 986. The molecule has 1 N–H and O–H groups in total. The van der Waals surface area contributed by atoms with E-state index in [1.807, 2.05) is 65.8 Å². The van der Waals surface area contributed by atoms with Crippen LogP contribution in [0.5, 0.6) is 5.75 Å². The number of rotatable bonds is 1. The number of hydrogen-bond acceptors (Lipinski definition) is 2. The predicted octanol–water partition coefficient (Wildman–Crippen LogP) is 7.90. The fraction of sp³-hybridized carbons (Fsp3) is 0.552. The highest BCUT2D eigenvalue weighted by molar-refractivity contribution is 6.12. The Balaban J connectivity index is 2.89. The quantitative estimate of drug-likeness (QED) is 0.498. The van der Waals surface area contributed by atoms with Crippen molar-refractivity contribution in [2.75, 3.05) is 0 Å². The van der Waals surface area contributed by atoms with Gasteiger partial charge in [0.1, 0.15) is 5.75 Å². The van der Waals surface area contributed by atoms with Crippen molar-refractivity contribution in [1.82, 2.24) is 0 Å². The van der Waals surface area contributed by atoms with E-state index >= 15 is 0 Å². The van der Waals surface area contributed by atoms with Crippen LogP contribution in [0.4, 0.5) is 0 Å². The maximum Gasteiger partial charge on any atom is 0.186 e. The molecule has 0 fully saturated rings. The highest BCUT2D eigenvalue weighted by atomic mass is 16.3. The van der Waals surface area contributed by atoms with Gasteiger partial charge in [-0.15, -0.1) is 0 Å². The lowest BCUT2D eigenvalue weighted by atomic mass is 9.71. The summed E-state index contributed by atoms with van der Waals surface area (Å²) in [5.41, 5.74) is 3.51. The molecule has 2 nitrogen and oxygen atoms in total. The Morgan fingerprint density at radius 3 is 1.52 bits per heavy atom. The lowest BCUT2D eigenvalue weighted by molar-refractivity contribution is -0.114. The molecule has 0 bridgehead atoms. The minimum absolute atomic E-state index is 0.0244. The Hall–Kier alpha value is -2.09. The summed E-state index contributed by atoms with van der Waals surface area (Å²) in [6.07, 6.45) is 3.89. The normalized spacial score (nSPS) is 18.5. The second-order valence-corrected chi connectivity index (χ2v) is 13.0. The van der Waals surface area contributed by atoms with Crippen LogP contribution in [0.1, 0.15) is 101 Å². The van der Waals surface area contributed by atoms with Gasteiger partial charge in [0.05, 0.1) is 1.37 Å². The highest BCUT2D eigenvalue weighted by Gasteiger charge is 2.34. The number of Topliss-reactive ketones (excluding diaryl/α,β-unsaturated/α-hetero) is 1. The van der Waals surface area contributed by atoms with Crippen molar-refractivity contribution in [2.24, 2.45) is 10.8 Å². The van der Waals surface area contributed by atoms with Crippen molar-refractivity contribution in [1.29, 1.82) is 0 Å². The van der Waals surface area contributed by atoms with Crippen LogP contribution < -0.4 is 0 Å². The fourth-order valence-electron chi connectivity index (χ4n) is 3.82. The zero-order valence-electron chi connectivity index (χ0n) is 22.7. The van der Waals surface area contributed by atoms with Crippen molar-refractivity contribution >= 4 is 11.9 Å².